The fraction of sp³-hybridized carbons (Fsp3) is 0.226. The number of nitrogens with one attached hydrogen (secondary N) is 1. The molecule has 42 heavy (non-hydrogen) atoms. The molecule has 3 aromatic carbocycles. The molecule has 0 unspecified atom stereocenters. The summed E-state index contributed by atoms with van der Waals surface area (Å²) in [5, 5.41) is 3.43. The van der Waals surface area contributed by atoms with Gasteiger partial charge in [0.2, 0.25) is 0 Å². The maximum absolute atomic E-state index is 13.7. The van der Waals surface area contributed by atoms with Gasteiger partial charge in [-0.3, -0.25) is 4.79 Å². The largest absolute Gasteiger partial charge is 0.416 e. The van der Waals surface area contributed by atoms with E-state index in [1.54, 1.807) is 36.5 Å². The number of alkyl halides is 3. The van der Waals surface area contributed by atoms with Gasteiger partial charge < -0.3 is 10.2 Å². The first kappa shape index (κ1) is 29.6. The van der Waals surface area contributed by atoms with Crippen LogP contribution in [-0.4, -0.2) is 38.5 Å². The number of benzene rings is 3. The van der Waals surface area contributed by atoms with E-state index in [0.717, 1.165) is 29.0 Å². The zero-order valence-corrected chi connectivity index (χ0v) is 24.2. The van der Waals surface area contributed by atoms with Gasteiger partial charge in [-0.1, -0.05) is 41.9 Å². The normalized spacial score (nSPS) is 13.4. The third kappa shape index (κ3) is 6.77. The Morgan fingerprint density at radius 2 is 1.79 bits per heavy atom. The third-order valence-corrected chi connectivity index (χ3v) is 8.49. The van der Waals surface area contributed by atoms with Crippen LogP contribution in [0.25, 0.3) is 11.1 Å². The number of pyridine rings is 1. The van der Waals surface area contributed by atoms with Crippen LogP contribution in [0.5, 0.6) is 0 Å². The SMILES string of the molecule is CS(=O)(=O)c1ccc(CCC(=O)c2cccc(-c3cnc4c(c3)N(Cc3cc(Cl)ccc3C(F)(F)F)CCN4)c2)cc1. The topological polar surface area (TPSA) is 79.4 Å². The first-order valence-corrected chi connectivity index (χ1v) is 15.4. The average molecular weight is 614 g/mol. The molecule has 0 saturated heterocycles. The lowest BCUT2D eigenvalue weighted by Crippen LogP contribution is -2.34. The maximum Gasteiger partial charge on any atom is 0.416 e. The molecule has 2 heterocycles. The molecule has 4 aromatic rings. The number of rotatable bonds is 8. The minimum absolute atomic E-state index is 0.00108. The number of anilines is 2. The molecule has 1 aliphatic heterocycles. The van der Waals surface area contributed by atoms with Gasteiger partial charge in [-0.25, -0.2) is 13.4 Å². The number of hydrogen-bond donors (Lipinski definition) is 1. The molecule has 11 heteroatoms. The van der Waals surface area contributed by atoms with Crippen LogP contribution in [0.15, 0.2) is 83.9 Å². The van der Waals surface area contributed by atoms with E-state index in [1.165, 1.54) is 24.3 Å². The number of fused-ring (bicyclic) bond motifs is 1. The third-order valence-electron chi connectivity index (χ3n) is 7.13. The number of nitrogens with zero attached hydrogens (tertiary/aromatic N) is 2. The summed E-state index contributed by atoms with van der Waals surface area (Å²) in [5.41, 5.74) is 2.84. The smallest absolute Gasteiger partial charge is 0.367 e. The number of halogens is 4. The fourth-order valence-corrected chi connectivity index (χ4v) is 5.76. The summed E-state index contributed by atoms with van der Waals surface area (Å²) in [7, 11) is -3.29. The summed E-state index contributed by atoms with van der Waals surface area (Å²) in [6, 6.07) is 19.1. The minimum Gasteiger partial charge on any atom is -0.367 e. The second kappa shape index (κ2) is 11.8. The summed E-state index contributed by atoms with van der Waals surface area (Å²) in [6.07, 6.45) is -1.000. The predicted molar refractivity (Wildman–Crippen MR) is 158 cm³/mol. The summed E-state index contributed by atoms with van der Waals surface area (Å²) in [5.74, 6) is 0.494. The van der Waals surface area contributed by atoms with Gasteiger partial charge in [0.15, 0.2) is 15.6 Å². The van der Waals surface area contributed by atoms with Crippen LogP contribution >= 0.6 is 11.6 Å². The second-order valence-corrected chi connectivity index (χ2v) is 12.6. The van der Waals surface area contributed by atoms with E-state index in [1.807, 2.05) is 17.0 Å². The Kier molecular flexibility index (Phi) is 8.30. The molecular weight excluding hydrogens is 587 g/mol. The number of carbonyl (C=O) groups excluding carboxylic acids is 1. The van der Waals surface area contributed by atoms with Gasteiger partial charge in [-0.15, -0.1) is 0 Å². The Bertz CT molecular complexity index is 1740. The highest BCUT2D eigenvalue weighted by atomic mass is 35.5. The standard InChI is InChI=1S/C31H27ClF3N3O3S/c1-42(40,41)26-9-5-20(6-10-26)7-12-29(39)22-4-2-3-21(15-22)23-17-28-30(37-18-23)36-13-14-38(28)19-24-16-25(32)8-11-27(24)31(33,34)35/h2-6,8-11,15-18H,7,12-14,19H2,1H3,(H,36,37). The maximum atomic E-state index is 13.7. The van der Waals surface area contributed by atoms with E-state index >= 15 is 0 Å². The van der Waals surface area contributed by atoms with Crippen LogP contribution < -0.4 is 10.2 Å². The zero-order valence-electron chi connectivity index (χ0n) is 22.6. The Morgan fingerprint density at radius 3 is 2.50 bits per heavy atom. The molecule has 0 saturated carbocycles. The van der Waals surface area contributed by atoms with Crippen LogP contribution in [0.4, 0.5) is 24.7 Å². The summed E-state index contributed by atoms with van der Waals surface area (Å²) < 4.78 is 64.4. The molecule has 5 rings (SSSR count). The Hall–Kier alpha value is -3.89. The second-order valence-electron chi connectivity index (χ2n) is 10.2. The number of hydrogen-bond acceptors (Lipinski definition) is 6. The first-order chi connectivity index (χ1) is 19.9. The van der Waals surface area contributed by atoms with Crippen molar-refractivity contribution in [1.29, 1.82) is 0 Å². The van der Waals surface area contributed by atoms with E-state index in [9.17, 15) is 26.4 Å². The van der Waals surface area contributed by atoms with Crippen molar-refractivity contribution in [2.24, 2.45) is 0 Å². The Morgan fingerprint density at radius 1 is 1.02 bits per heavy atom. The molecule has 1 N–H and O–H groups in total. The molecule has 0 spiro atoms. The summed E-state index contributed by atoms with van der Waals surface area (Å²) in [4.78, 5) is 19.6. The first-order valence-electron chi connectivity index (χ1n) is 13.2. The highest BCUT2D eigenvalue weighted by Gasteiger charge is 2.34. The molecule has 1 aliphatic rings. The van der Waals surface area contributed by atoms with Crippen molar-refractivity contribution in [1.82, 2.24) is 4.98 Å². The van der Waals surface area contributed by atoms with Gasteiger partial charge in [-0.05, 0) is 65.6 Å². The number of aromatic nitrogens is 1. The summed E-state index contributed by atoms with van der Waals surface area (Å²) >= 11 is 6.05. The quantitative estimate of drug-likeness (QED) is 0.214. The number of ketones is 1. The molecule has 1 aromatic heterocycles. The van der Waals surface area contributed by atoms with Crippen molar-refractivity contribution in [2.75, 3.05) is 29.6 Å². The van der Waals surface area contributed by atoms with Crippen molar-refractivity contribution in [3.8, 4) is 11.1 Å². The molecule has 0 bridgehead atoms. The van der Waals surface area contributed by atoms with Crippen LogP contribution in [0.2, 0.25) is 5.02 Å². The van der Waals surface area contributed by atoms with Crippen LogP contribution in [0.3, 0.4) is 0 Å². The van der Waals surface area contributed by atoms with Crippen LogP contribution in [-0.2, 0) is 29.0 Å². The van der Waals surface area contributed by atoms with Gasteiger partial charge in [-0.2, -0.15) is 13.2 Å². The van der Waals surface area contributed by atoms with Gasteiger partial charge in [0, 0.05) is 54.7 Å². The van der Waals surface area contributed by atoms with Crippen molar-refractivity contribution >= 4 is 38.7 Å². The van der Waals surface area contributed by atoms with Crippen LogP contribution in [0, 0.1) is 0 Å². The molecular formula is C31H27ClF3N3O3S. The minimum atomic E-state index is -4.51. The Balaban J connectivity index is 1.35. The lowest BCUT2D eigenvalue weighted by molar-refractivity contribution is -0.138. The number of sulfone groups is 1. The van der Waals surface area contributed by atoms with Gasteiger partial charge in [0.1, 0.15) is 5.82 Å². The molecule has 0 amide bonds. The summed E-state index contributed by atoms with van der Waals surface area (Å²) in [6.45, 7) is 0.979. The van der Waals surface area contributed by atoms with Crippen LogP contribution in [0.1, 0.15) is 33.5 Å². The molecule has 0 fully saturated rings. The molecule has 0 aliphatic carbocycles. The highest BCUT2D eigenvalue weighted by molar-refractivity contribution is 7.90. The van der Waals surface area contributed by atoms with Gasteiger partial charge in [0.25, 0.3) is 0 Å². The fourth-order valence-electron chi connectivity index (χ4n) is 4.94. The van der Waals surface area contributed by atoms with Gasteiger partial charge >= 0.3 is 6.18 Å². The van der Waals surface area contributed by atoms with E-state index in [0.29, 0.717) is 36.6 Å². The van der Waals surface area contributed by atoms with Crippen molar-refractivity contribution in [3.05, 3.63) is 106 Å². The monoisotopic (exact) mass is 613 g/mol. The van der Waals surface area contributed by atoms with E-state index in [4.69, 9.17) is 11.6 Å². The molecule has 0 radical (unpaired) electrons. The molecule has 0 atom stereocenters. The number of aryl methyl sites for hydroxylation is 1. The van der Waals surface area contributed by atoms with Crippen molar-refractivity contribution in [3.63, 3.8) is 0 Å². The number of carbonyl (C=O) groups is 1. The molecule has 6 nitrogen and oxygen atoms in total. The van der Waals surface area contributed by atoms with Crippen molar-refractivity contribution in [2.45, 2.75) is 30.5 Å². The van der Waals surface area contributed by atoms with E-state index < -0.39 is 21.6 Å². The van der Waals surface area contributed by atoms with Gasteiger partial charge in [0.05, 0.1) is 16.1 Å². The zero-order chi connectivity index (χ0) is 30.1. The van der Waals surface area contributed by atoms with E-state index in [-0.39, 0.29) is 34.2 Å². The molecule has 218 valence electrons. The predicted octanol–water partition coefficient (Wildman–Crippen LogP) is 7.07. The Labute approximate surface area is 247 Å². The number of Topliss-reactive ketones (excluding diaryl/α,β-unsaturated/α-hetero) is 1. The van der Waals surface area contributed by atoms with Crippen molar-refractivity contribution < 1.29 is 26.4 Å². The van der Waals surface area contributed by atoms with E-state index in [2.05, 4.69) is 10.3 Å². The lowest BCUT2D eigenvalue weighted by atomic mass is 9.98. The highest BCUT2D eigenvalue weighted by Crippen LogP contribution is 2.37. The average Bonchev–Trinajstić information content (AvgIpc) is 2.95. The lowest BCUT2D eigenvalue weighted by Gasteiger charge is -2.32.